The third-order valence-electron chi connectivity index (χ3n) is 1.38. The Labute approximate surface area is 84.0 Å². The molecule has 0 aromatic carbocycles. The number of halogens is 7. The molecule has 0 aromatic heterocycles. The second-order valence-corrected chi connectivity index (χ2v) is 2.52. The molecule has 0 fully saturated rings. The van der Waals surface area contributed by atoms with Crippen LogP contribution in [-0.4, -0.2) is 36.0 Å². The zero-order chi connectivity index (χ0) is 13.2. The van der Waals surface area contributed by atoms with E-state index in [0.29, 0.717) is 6.07 Å². The van der Waals surface area contributed by atoms with Crippen molar-refractivity contribution < 1.29 is 40.6 Å². The van der Waals surface area contributed by atoms with Crippen LogP contribution in [0.2, 0.25) is 0 Å². The van der Waals surface area contributed by atoms with Gasteiger partial charge in [0.25, 0.3) is 6.36 Å². The van der Waals surface area contributed by atoms with E-state index < -0.39 is 30.9 Å². The second-order valence-electron chi connectivity index (χ2n) is 2.52. The van der Waals surface area contributed by atoms with Crippen molar-refractivity contribution >= 4 is 0 Å². The SMILES string of the molecule is N#CC(F)OC(F)(F)C(F)(F)C(F)(F)CO. The molecule has 0 aliphatic heterocycles. The molecule has 1 atom stereocenters. The third kappa shape index (κ3) is 2.53. The van der Waals surface area contributed by atoms with Crippen LogP contribution in [0.4, 0.5) is 30.7 Å². The number of hydrogen-bond acceptors (Lipinski definition) is 3. The lowest BCUT2D eigenvalue weighted by Crippen LogP contribution is -2.57. The predicted molar refractivity (Wildman–Crippen MR) is 33.5 cm³/mol. The molecule has 1 N–H and O–H groups in total. The van der Waals surface area contributed by atoms with E-state index >= 15 is 0 Å². The molecule has 0 aliphatic carbocycles. The van der Waals surface area contributed by atoms with Crippen molar-refractivity contribution in [3.8, 4) is 6.07 Å². The normalized spacial score (nSPS) is 15.7. The van der Waals surface area contributed by atoms with Gasteiger partial charge in [-0.15, -0.1) is 0 Å². The van der Waals surface area contributed by atoms with Crippen LogP contribution in [0.1, 0.15) is 0 Å². The van der Waals surface area contributed by atoms with E-state index in [2.05, 4.69) is 4.74 Å². The van der Waals surface area contributed by atoms with Crippen LogP contribution in [0.25, 0.3) is 0 Å². The van der Waals surface area contributed by atoms with Crippen molar-refractivity contribution in [1.29, 1.82) is 5.26 Å². The van der Waals surface area contributed by atoms with E-state index in [-0.39, 0.29) is 0 Å². The maximum Gasteiger partial charge on any atom is 0.429 e. The number of aliphatic hydroxyl groups is 1. The summed E-state index contributed by atoms with van der Waals surface area (Å²) in [5.41, 5.74) is 0. The quantitative estimate of drug-likeness (QED) is 0.760. The summed E-state index contributed by atoms with van der Waals surface area (Å²) in [5, 5.41) is 15.5. The van der Waals surface area contributed by atoms with Crippen LogP contribution in [-0.2, 0) is 4.74 Å². The van der Waals surface area contributed by atoms with E-state index in [9.17, 15) is 30.7 Å². The van der Waals surface area contributed by atoms with Gasteiger partial charge in [-0.1, -0.05) is 0 Å². The molecular weight excluding hydrogens is 251 g/mol. The first-order valence-corrected chi connectivity index (χ1v) is 3.47. The summed E-state index contributed by atoms with van der Waals surface area (Å²) in [4.78, 5) is 0. The molecule has 0 amide bonds. The third-order valence-corrected chi connectivity index (χ3v) is 1.38. The minimum absolute atomic E-state index is 0.353. The Bertz CT molecular complexity index is 287. The molecule has 0 saturated heterocycles. The molecule has 0 bridgehead atoms. The van der Waals surface area contributed by atoms with Gasteiger partial charge in [0.1, 0.15) is 12.7 Å². The van der Waals surface area contributed by atoms with Gasteiger partial charge >= 0.3 is 18.0 Å². The fourth-order valence-electron chi connectivity index (χ4n) is 0.543. The van der Waals surface area contributed by atoms with Crippen LogP contribution >= 0.6 is 0 Å². The lowest BCUT2D eigenvalue weighted by molar-refractivity contribution is -0.414. The average molecular weight is 255 g/mol. The van der Waals surface area contributed by atoms with E-state index in [1.165, 1.54) is 0 Å². The number of aliphatic hydroxyl groups excluding tert-OH is 1. The Morgan fingerprint density at radius 2 is 1.62 bits per heavy atom. The van der Waals surface area contributed by atoms with Gasteiger partial charge in [0.15, 0.2) is 0 Å². The first-order chi connectivity index (χ1) is 7.02. The highest BCUT2D eigenvalue weighted by Crippen LogP contribution is 2.46. The summed E-state index contributed by atoms with van der Waals surface area (Å²) in [5.74, 6) is -11.7. The van der Waals surface area contributed by atoms with E-state index in [0.717, 1.165) is 0 Å². The Morgan fingerprint density at radius 3 is 1.94 bits per heavy atom. The van der Waals surface area contributed by atoms with E-state index in [4.69, 9.17) is 10.4 Å². The highest BCUT2D eigenvalue weighted by atomic mass is 19.3. The number of rotatable bonds is 5. The molecule has 3 nitrogen and oxygen atoms in total. The number of nitriles is 1. The first kappa shape index (κ1) is 14.9. The molecular formula is C6H4F7NO2. The number of nitrogens with zero attached hydrogens (tertiary/aromatic N) is 1. The fraction of sp³-hybridized carbons (Fsp3) is 0.833. The lowest BCUT2D eigenvalue weighted by Gasteiger charge is -2.30. The van der Waals surface area contributed by atoms with Crippen molar-refractivity contribution in [2.75, 3.05) is 6.61 Å². The zero-order valence-corrected chi connectivity index (χ0v) is 7.23. The van der Waals surface area contributed by atoms with Gasteiger partial charge in [-0.3, -0.25) is 4.74 Å². The molecule has 16 heavy (non-hydrogen) atoms. The predicted octanol–water partition coefficient (Wildman–Crippen LogP) is 1.68. The van der Waals surface area contributed by atoms with Gasteiger partial charge in [-0.2, -0.15) is 36.0 Å². The Balaban J connectivity index is 5.07. The Morgan fingerprint density at radius 1 is 1.19 bits per heavy atom. The Kier molecular flexibility index (Phi) is 4.12. The molecule has 0 radical (unpaired) electrons. The van der Waals surface area contributed by atoms with Crippen LogP contribution in [0.5, 0.6) is 0 Å². The van der Waals surface area contributed by atoms with Crippen LogP contribution in [0.3, 0.4) is 0 Å². The molecule has 10 heteroatoms. The molecule has 0 aliphatic rings. The lowest BCUT2D eigenvalue weighted by atomic mass is 10.1. The van der Waals surface area contributed by atoms with Gasteiger partial charge in [-0.05, 0) is 0 Å². The van der Waals surface area contributed by atoms with Crippen molar-refractivity contribution in [2.24, 2.45) is 0 Å². The van der Waals surface area contributed by atoms with Crippen LogP contribution in [0.15, 0.2) is 0 Å². The van der Waals surface area contributed by atoms with Gasteiger partial charge in [0.2, 0.25) is 0 Å². The molecule has 0 saturated carbocycles. The van der Waals surface area contributed by atoms with Crippen molar-refractivity contribution in [1.82, 2.24) is 0 Å². The van der Waals surface area contributed by atoms with E-state index in [1.54, 1.807) is 0 Å². The molecule has 94 valence electrons. The summed E-state index contributed by atoms with van der Waals surface area (Å²) in [6.07, 6.45) is -9.44. The summed E-state index contributed by atoms with van der Waals surface area (Å²) in [6, 6.07) is 0.353. The molecule has 0 rings (SSSR count). The van der Waals surface area contributed by atoms with Crippen molar-refractivity contribution in [2.45, 2.75) is 24.3 Å². The first-order valence-electron chi connectivity index (χ1n) is 3.47. The van der Waals surface area contributed by atoms with Crippen molar-refractivity contribution in [3.63, 3.8) is 0 Å². The van der Waals surface area contributed by atoms with Gasteiger partial charge in [0.05, 0.1) is 0 Å². The standard InChI is InChI=1S/C6H4F7NO2/c7-3(1-14)16-6(12,13)5(10,11)4(8,9)2-15/h3,15H,2H2. The van der Waals surface area contributed by atoms with E-state index in [1.807, 2.05) is 0 Å². The highest BCUT2D eigenvalue weighted by Gasteiger charge is 2.73. The van der Waals surface area contributed by atoms with Crippen molar-refractivity contribution in [3.05, 3.63) is 0 Å². The fourth-order valence-corrected chi connectivity index (χ4v) is 0.543. The number of hydrogen-bond donors (Lipinski definition) is 1. The zero-order valence-electron chi connectivity index (χ0n) is 7.23. The summed E-state index contributed by atoms with van der Waals surface area (Å²) < 4.78 is 88.5. The average Bonchev–Trinajstić information content (AvgIpc) is 2.16. The number of ether oxygens (including phenoxy) is 1. The largest absolute Gasteiger partial charge is 0.429 e. The number of alkyl halides is 7. The minimum atomic E-state index is -6.16. The summed E-state index contributed by atoms with van der Waals surface area (Å²) in [6.45, 7) is -2.59. The molecule has 1 unspecified atom stereocenters. The van der Waals surface area contributed by atoms with Gasteiger partial charge in [-0.25, -0.2) is 0 Å². The molecule has 0 aromatic rings. The monoisotopic (exact) mass is 255 g/mol. The Hall–Kier alpha value is -1.08. The highest BCUT2D eigenvalue weighted by molar-refractivity contribution is 4.92. The van der Waals surface area contributed by atoms with Gasteiger partial charge < -0.3 is 5.11 Å². The van der Waals surface area contributed by atoms with Gasteiger partial charge in [0, 0.05) is 0 Å². The molecule has 0 spiro atoms. The molecule has 0 heterocycles. The maximum atomic E-state index is 12.4. The van der Waals surface area contributed by atoms with Crippen LogP contribution < -0.4 is 0 Å². The smallest absolute Gasteiger partial charge is 0.390 e. The minimum Gasteiger partial charge on any atom is -0.390 e. The topological polar surface area (TPSA) is 53.2 Å². The van der Waals surface area contributed by atoms with Crippen LogP contribution in [0, 0.1) is 11.3 Å². The maximum absolute atomic E-state index is 12.4. The second kappa shape index (κ2) is 4.42. The summed E-state index contributed by atoms with van der Waals surface area (Å²) in [7, 11) is 0. The summed E-state index contributed by atoms with van der Waals surface area (Å²) >= 11 is 0.